The molecule has 0 atom stereocenters. The normalized spacial score (nSPS) is 12.0. The zero-order valence-electron chi connectivity index (χ0n) is 14.1. The lowest BCUT2D eigenvalue weighted by Gasteiger charge is -2.23. The van der Waals surface area contributed by atoms with E-state index in [2.05, 4.69) is 0 Å². The van der Waals surface area contributed by atoms with Gasteiger partial charge in [0.2, 0.25) is 0 Å². The van der Waals surface area contributed by atoms with E-state index in [9.17, 15) is 9.59 Å². The van der Waals surface area contributed by atoms with E-state index in [0.29, 0.717) is 12.4 Å². The van der Waals surface area contributed by atoms with E-state index >= 15 is 0 Å². The van der Waals surface area contributed by atoms with Crippen LogP contribution in [0.15, 0.2) is 48.5 Å². The zero-order chi connectivity index (χ0) is 18.3. The molecule has 0 radical (unpaired) electrons. The topological polar surface area (TPSA) is 72.8 Å². The monoisotopic (exact) mass is 348 g/mol. The molecule has 4 rings (SSSR count). The second kappa shape index (κ2) is 6.19. The summed E-state index contributed by atoms with van der Waals surface area (Å²) in [7, 11) is 0. The number of carboxylic acids is 1. The first-order valence-corrected chi connectivity index (χ1v) is 8.24. The fourth-order valence-electron chi connectivity index (χ4n) is 3.38. The van der Waals surface area contributed by atoms with Crippen LogP contribution >= 0.6 is 0 Å². The number of hydrogen-bond donors (Lipinski definition) is 1. The standard InChI is InChI=1S/C21H16O5/c1-12(22)26-19-4-2-3-17-16(19)7-8-18-15-6-5-13(10-20(23)24)9-14(15)11-25-21(17)18/h2-9H,10-11H2,1H3,(H,23,24). The van der Waals surface area contributed by atoms with Crippen molar-refractivity contribution in [2.45, 2.75) is 20.0 Å². The van der Waals surface area contributed by atoms with E-state index in [1.165, 1.54) is 6.92 Å². The summed E-state index contributed by atoms with van der Waals surface area (Å²) < 4.78 is 11.3. The summed E-state index contributed by atoms with van der Waals surface area (Å²) in [6, 6.07) is 15.0. The molecule has 1 aliphatic rings. The van der Waals surface area contributed by atoms with Crippen LogP contribution < -0.4 is 9.47 Å². The van der Waals surface area contributed by atoms with Crippen molar-refractivity contribution in [1.82, 2.24) is 0 Å². The average Bonchev–Trinajstić information content (AvgIpc) is 2.60. The van der Waals surface area contributed by atoms with Gasteiger partial charge in [0, 0.05) is 23.3 Å². The van der Waals surface area contributed by atoms with Crippen LogP contribution in [0.5, 0.6) is 11.5 Å². The minimum atomic E-state index is -0.855. The summed E-state index contributed by atoms with van der Waals surface area (Å²) in [6.45, 7) is 1.74. The molecule has 3 aromatic rings. The predicted molar refractivity (Wildman–Crippen MR) is 96.4 cm³/mol. The van der Waals surface area contributed by atoms with Crippen LogP contribution in [-0.4, -0.2) is 17.0 Å². The van der Waals surface area contributed by atoms with Gasteiger partial charge in [0.15, 0.2) is 0 Å². The van der Waals surface area contributed by atoms with Crippen LogP contribution in [-0.2, 0) is 22.6 Å². The van der Waals surface area contributed by atoms with Crippen molar-refractivity contribution in [3.63, 3.8) is 0 Å². The maximum absolute atomic E-state index is 11.3. The van der Waals surface area contributed by atoms with Gasteiger partial charge in [0.1, 0.15) is 18.1 Å². The molecule has 3 aromatic carbocycles. The summed E-state index contributed by atoms with van der Waals surface area (Å²) in [5, 5.41) is 10.7. The van der Waals surface area contributed by atoms with Gasteiger partial charge in [-0.15, -0.1) is 0 Å². The number of hydrogen-bond acceptors (Lipinski definition) is 4. The number of ether oxygens (including phenoxy) is 2. The first-order valence-electron chi connectivity index (χ1n) is 8.24. The summed E-state index contributed by atoms with van der Waals surface area (Å²) in [4.78, 5) is 22.2. The SMILES string of the molecule is CC(=O)Oc1cccc2c3c(ccc12)-c1ccc(CC(=O)O)cc1CO3. The molecular formula is C21H16O5. The van der Waals surface area contributed by atoms with E-state index in [0.717, 1.165) is 38.8 Å². The van der Waals surface area contributed by atoms with Crippen LogP contribution in [0, 0.1) is 0 Å². The predicted octanol–water partition coefficient (Wildman–Crippen LogP) is 3.95. The molecule has 0 saturated carbocycles. The van der Waals surface area contributed by atoms with Gasteiger partial charge in [0.05, 0.1) is 6.42 Å². The molecule has 1 aliphatic heterocycles. The lowest BCUT2D eigenvalue weighted by Crippen LogP contribution is -2.08. The summed E-state index contributed by atoms with van der Waals surface area (Å²) in [6.07, 6.45) is -0.0103. The van der Waals surface area contributed by atoms with Crippen LogP contribution in [0.2, 0.25) is 0 Å². The number of carbonyl (C=O) groups is 2. The number of esters is 1. The van der Waals surface area contributed by atoms with E-state index in [1.807, 2.05) is 42.5 Å². The van der Waals surface area contributed by atoms with E-state index in [-0.39, 0.29) is 12.4 Å². The molecule has 26 heavy (non-hydrogen) atoms. The van der Waals surface area contributed by atoms with E-state index in [4.69, 9.17) is 14.6 Å². The van der Waals surface area contributed by atoms with Crippen molar-refractivity contribution in [3.05, 3.63) is 59.7 Å². The van der Waals surface area contributed by atoms with E-state index in [1.54, 1.807) is 6.07 Å². The highest BCUT2D eigenvalue weighted by Crippen LogP contribution is 2.44. The van der Waals surface area contributed by atoms with Gasteiger partial charge in [-0.2, -0.15) is 0 Å². The van der Waals surface area contributed by atoms with Crippen LogP contribution in [0.4, 0.5) is 0 Å². The summed E-state index contributed by atoms with van der Waals surface area (Å²) >= 11 is 0. The average molecular weight is 348 g/mol. The van der Waals surface area contributed by atoms with Crippen molar-refractivity contribution < 1.29 is 24.2 Å². The maximum Gasteiger partial charge on any atom is 0.308 e. The van der Waals surface area contributed by atoms with Crippen molar-refractivity contribution in [1.29, 1.82) is 0 Å². The van der Waals surface area contributed by atoms with Gasteiger partial charge in [-0.05, 0) is 34.9 Å². The van der Waals surface area contributed by atoms with Gasteiger partial charge >= 0.3 is 11.9 Å². The van der Waals surface area contributed by atoms with Crippen molar-refractivity contribution in [2.75, 3.05) is 0 Å². The van der Waals surface area contributed by atoms with Crippen LogP contribution in [0.3, 0.4) is 0 Å². The molecule has 130 valence electrons. The lowest BCUT2D eigenvalue weighted by atomic mass is 9.92. The molecule has 0 saturated heterocycles. The summed E-state index contributed by atoms with van der Waals surface area (Å²) in [5.41, 5.74) is 3.69. The molecule has 1 heterocycles. The molecule has 5 heteroatoms. The Kier molecular flexibility index (Phi) is 3.84. The Bertz CT molecular complexity index is 1050. The number of rotatable bonds is 3. The van der Waals surface area contributed by atoms with Gasteiger partial charge < -0.3 is 14.6 Å². The third-order valence-electron chi connectivity index (χ3n) is 4.41. The Morgan fingerprint density at radius 2 is 1.88 bits per heavy atom. The Morgan fingerprint density at radius 1 is 1.08 bits per heavy atom. The minimum Gasteiger partial charge on any atom is -0.488 e. The molecule has 0 spiro atoms. The first kappa shape index (κ1) is 16.1. The molecule has 0 bridgehead atoms. The van der Waals surface area contributed by atoms with Crippen LogP contribution in [0.25, 0.3) is 21.9 Å². The number of benzene rings is 3. The second-order valence-electron chi connectivity index (χ2n) is 6.24. The molecule has 1 N–H and O–H groups in total. The minimum absolute atomic E-state index is 0.0103. The van der Waals surface area contributed by atoms with Crippen molar-refractivity contribution >= 4 is 22.7 Å². The number of aliphatic carboxylic acids is 1. The Labute approximate surface area is 149 Å². The largest absolute Gasteiger partial charge is 0.488 e. The Balaban J connectivity index is 1.84. The van der Waals surface area contributed by atoms with Gasteiger partial charge in [-0.1, -0.05) is 30.3 Å². The molecule has 0 unspecified atom stereocenters. The molecular weight excluding hydrogens is 332 g/mol. The first-order chi connectivity index (χ1) is 12.5. The quantitative estimate of drug-likeness (QED) is 0.573. The molecule has 0 fully saturated rings. The zero-order valence-corrected chi connectivity index (χ0v) is 14.1. The highest BCUT2D eigenvalue weighted by molar-refractivity contribution is 6.00. The smallest absolute Gasteiger partial charge is 0.308 e. The fourth-order valence-corrected chi connectivity index (χ4v) is 3.38. The third kappa shape index (κ3) is 2.77. The Morgan fingerprint density at radius 3 is 2.65 bits per heavy atom. The fraction of sp³-hybridized carbons (Fsp3) is 0.143. The molecule has 0 aromatic heterocycles. The Hall–Kier alpha value is -3.34. The molecule has 5 nitrogen and oxygen atoms in total. The highest BCUT2D eigenvalue weighted by atomic mass is 16.5. The van der Waals surface area contributed by atoms with Gasteiger partial charge in [-0.3, -0.25) is 9.59 Å². The highest BCUT2D eigenvalue weighted by Gasteiger charge is 2.21. The molecule has 0 amide bonds. The third-order valence-corrected chi connectivity index (χ3v) is 4.41. The van der Waals surface area contributed by atoms with Gasteiger partial charge in [-0.25, -0.2) is 0 Å². The van der Waals surface area contributed by atoms with Gasteiger partial charge in [0.25, 0.3) is 0 Å². The second-order valence-corrected chi connectivity index (χ2v) is 6.24. The maximum atomic E-state index is 11.3. The number of carboxylic acid groups (broad SMARTS) is 1. The van der Waals surface area contributed by atoms with Crippen molar-refractivity contribution in [3.8, 4) is 22.6 Å². The van der Waals surface area contributed by atoms with Crippen molar-refractivity contribution in [2.24, 2.45) is 0 Å². The van der Waals surface area contributed by atoms with E-state index < -0.39 is 5.97 Å². The van der Waals surface area contributed by atoms with Crippen LogP contribution in [0.1, 0.15) is 18.1 Å². The lowest BCUT2D eigenvalue weighted by molar-refractivity contribution is -0.136. The number of carbonyl (C=O) groups excluding carboxylic acids is 1. The molecule has 0 aliphatic carbocycles. The number of fused-ring (bicyclic) bond motifs is 5. The summed E-state index contributed by atoms with van der Waals surface area (Å²) in [5.74, 6) is 0.0255.